The van der Waals surface area contributed by atoms with Crippen molar-refractivity contribution in [2.24, 2.45) is 0 Å². The van der Waals surface area contributed by atoms with Crippen LogP contribution in [0.4, 0.5) is 0 Å². The summed E-state index contributed by atoms with van der Waals surface area (Å²) < 4.78 is 5.74. The Hall–Kier alpha value is -3.33. The van der Waals surface area contributed by atoms with Gasteiger partial charge in [0.2, 0.25) is 5.91 Å². The quantitative estimate of drug-likeness (QED) is 0.659. The van der Waals surface area contributed by atoms with Gasteiger partial charge in [-0.2, -0.15) is 0 Å². The molecule has 0 spiro atoms. The zero-order valence-electron chi connectivity index (χ0n) is 13.8. The molecular weight excluding hydrogens is 310 g/mol. The molecule has 0 radical (unpaired) electrons. The summed E-state index contributed by atoms with van der Waals surface area (Å²) >= 11 is 0. The van der Waals surface area contributed by atoms with Crippen molar-refractivity contribution in [2.45, 2.75) is 6.54 Å². The van der Waals surface area contributed by atoms with Gasteiger partial charge in [-0.15, -0.1) is 0 Å². The highest BCUT2D eigenvalue weighted by Crippen LogP contribution is 2.21. The lowest BCUT2D eigenvalue weighted by atomic mass is 10.2. The third-order valence-electron chi connectivity index (χ3n) is 3.60. The van der Waals surface area contributed by atoms with Gasteiger partial charge < -0.3 is 10.1 Å². The zero-order chi connectivity index (χ0) is 17.3. The normalized spacial score (nSPS) is 10.6. The molecule has 3 aromatic carbocycles. The summed E-state index contributed by atoms with van der Waals surface area (Å²) in [4.78, 5) is 11.9. The van der Waals surface area contributed by atoms with Crippen molar-refractivity contribution in [3.8, 4) is 11.5 Å². The van der Waals surface area contributed by atoms with Crippen LogP contribution in [0.1, 0.15) is 11.1 Å². The highest BCUT2D eigenvalue weighted by Gasteiger charge is 1.98. The van der Waals surface area contributed by atoms with Crippen molar-refractivity contribution in [3.63, 3.8) is 0 Å². The molecule has 0 bridgehead atoms. The van der Waals surface area contributed by atoms with Gasteiger partial charge in [0.1, 0.15) is 11.5 Å². The van der Waals surface area contributed by atoms with Crippen LogP contribution in [0.3, 0.4) is 0 Å². The fraction of sp³-hybridized carbons (Fsp3) is 0.0455. The van der Waals surface area contributed by atoms with Gasteiger partial charge in [0.15, 0.2) is 0 Å². The number of nitrogens with one attached hydrogen (secondary N) is 1. The third kappa shape index (κ3) is 5.36. The average molecular weight is 329 g/mol. The van der Waals surface area contributed by atoms with E-state index in [1.807, 2.05) is 84.9 Å². The fourth-order valence-electron chi connectivity index (χ4n) is 2.29. The van der Waals surface area contributed by atoms with Crippen molar-refractivity contribution in [1.29, 1.82) is 0 Å². The number of para-hydroxylation sites is 1. The molecule has 25 heavy (non-hydrogen) atoms. The van der Waals surface area contributed by atoms with Gasteiger partial charge in [-0.05, 0) is 41.5 Å². The summed E-state index contributed by atoms with van der Waals surface area (Å²) in [7, 11) is 0. The van der Waals surface area contributed by atoms with Crippen LogP contribution >= 0.6 is 0 Å². The monoisotopic (exact) mass is 329 g/mol. The molecule has 3 rings (SSSR count). The topological polar surface area (TPSA) is 38.3 Å². The lowest BCUT2D eigenvalue weighted by Crippen LogP contribution is -2.20. The van der Waals surface area contributed by atoms with Crippen molar-refractivity contribution < 1.29 is 9.53 Å². The number of ether oxygens (including phenoxy) is 1. The van der Waals surface area contributed by atoms with E-state index < -0.39 is 0 Å². The van der Waals surface area contributed by atoms with Gasteiger partial charge in [-0.3, -0.25) is 4.79 Å². The summed E-state index contributed by atoms with van der Waals surface area (Å²) in [6.45, 7) is 0.522. The van der Waals surface area contributed by atoms with Gasteiger partial charge in [0, 0.05) is 12.6 Å². The highest BCUT2D eigenvalue weighted by molar-refractivity contribution is 5.91. The molecule has 124 valence electrons. The summed E-state index contributed by atoms with van der Waals surface area (Å²) in [5, 5.41) is 2.86. The van der Waals surface area contributed by atoms with Crippen LogP contribution < -0.4 is 10.1 Å². The largest absolute Gasteiger partial charge is 0.457 e. The molecule has 0 fully saturated rings. The van der Waals surface area contributed by atoms with Gasteiger partial charge >= 0.3 is 0 Å². The SMILES string of the molecule is O=C(/C=C\c1ccc(Oc2ccccc2)cc1)NCc1ccccc1. The van der Waals surface area contributed by atoms with Crippen molar-refractivity contribution in [1.82, 2.24) is 5.32 Å². The second-order valence-electron chi connectivity index (χ2n) is 5.52. The third-order valence-corrected chi connectivity index (χ3v) is 3.60. The lowest BCUT2D eigenvalue weighted by Gasteiger charge is -2.05. The summed E-state index contributed by atoms with van der Waals surface area (Å²) in [6, 6.07) is 27.1. The van der Waals surface area contributed by atoms with Gasteiger partial charge in [-0.1, -0.05) is 60.7 Å². The van der Waals surface area contributed by atoms with E-state index in [4.69, 9.17) is 4.74 Å². The van der Waals surface area contributed by atoms with E-state index in [0.29, 0.717) is 6.54 Å². The van der Waals surface area contributed by atoms with Gasteiger partial charge in [-0.25, -0.2) is 0 Å². The number of rotatable bonds is 6. The standard InChI is InChI=1S/C22H19NO2/c24-22(23-17-19-7-3-1-4-8-19)16-13-18-11-14-21(15-12-18)25-20-9-5-2-6-10-20/h1-16H,17H2,(H,23,24)/b16-13-. The van der Waals surface area contributed by atoms with Gasteiger partial charge in [0.05, 0.1) is 0 Å². The molecule has 0 heterocycles. The lowest BCUT2D eigenvalue weighted by molar-refractivity contribution is -0.116. The first-order valence-corrected chi connectivity index (χ1v) is 8.12. The molecule has 0 saturated carbocycles. The number of hydrogen-bond acceptors (Lipinski definition) is 2. The predicted molar refractivity (Wildman–Crippen MR) is 100 cm³/mol. The molecule has 0 aliphatic rings. The minimum absolute atomic E-state index is 0.117. The number of benzene rings is 3. The number of amides is 1. The van der Waals surface area contributed by atoms with E-state index in [-0.39, 0.29) is 5.91 Å². The minimum atomic E-state index is -0.117. The van der Waals surface area contributed by atoms with Crippen LogP contribution in [0.25, 0.3) is 6.08 Å². The molecule has 0 aliphatic heterocycles. The van der Waals surface area contributed by atoms with E-state index in [2.05, 4.69) is 5.32 Å². The Morgan fingerprint density at radius 2 is 1.40 bits per heavy atom. The smallest absolute Gasteiger partial charge is 0.244 e. The van der Waals surface area contributed by atoms with E-state index in [1.165, 1.54) is 6.08 Å². The number of carbonyl (C=O) groups excluding carboxylic acids is 1. The summed E-state index contributed by atoms with van der Waals surface area (Å²) in [6.07, 6.45) is 3.32. The maximum Gasteiger partial charge on any atom is 0.244 e. The number of carbonyl (C=O) groups is 1. The Morgan fingerprint density at radius 3 is 2.08 bits per heavy atom. The predicted octanol–water partition coefficient (Wildman–Crippen LogP) is 4.81. The molecule has 1 amide bonds. The Kier molecular flexibility index (Phi) is 5.62. The fourth-order valence-corrected chi connectivity index (χ4v) is 2.29. The van der Waals surface area contributed by atoms with Crippen molar-refractivity contribution in [3.05, 3.63) is 102 Å². The second kappa shape index (κ2) is 8.50. The first-order valence-electron chi connectivity index (χ1n) is 8.12. The van der Waals surface area contributed by atoms with Gasteiger partial charge in [0.25, 0.3) is 0 Å². The minimum Gasteiger partial charge on any atom is -0.457 e. The maximum absolute atomic E-state index is 11.9. The van der Waals surface area contributed by atoms with Crippen molar-refractivity contribution in [2.75, 3.05) is 0 Å². The van der Waals surface area contributed by atoms with Crippen LogP contribution in [-0.2, 0) is 11.3 Å². The Balaban J connectivity index is 1.52. The van der Waals surface area contributed by atoms with Crippen LogP contribution in [0.15, 0.2) is 91.0 Å². The molecule has 0 saturated heterocycles. The van der Waals surface area contributed by atoms with Crippen LogP contribution in [-0.4, -0.2) is 5.91 Å². The molecule has 0 atom stereocenters. The molecular formula is C22H19NO2. The Bertz CT molecular complexity index is 825. The van der Waals surface area contributed by atoms with Crippen molar-refractivity contribution >= 4 is 12.0 Å². The molecule has 1 N–H and O–H groups in total. The zero-order valence-corrected chi connectivity index (χ0v) is 13.8. The molecule has 3 heteroatoms. The van der Waals surface area contributed by atoms with E-state index in [9.17, 15) is 4.79 Å². The maximum atomic E-state index is 11.9. The highest BCUT2D eigenvalue weighted by atomic mass is 16.5. The molecule has 0 aromatic heterocycles. The Morgan fingerprint density at radius 1 is 0.800 bits per heavy atom. The van der Waals surface area contributed by atoms with E-state index in [0.717, 1.165) is 22.6 Å². The second-order valence-corrected chi connectivity index (χ2v) is 5.52. The first-order chi connectivity index (χ1) is 12.3. The average Bonchev–Trinajstić information content (AvgIpc) is 2.67. The number of hydrogen-bond donors (Lipinski definition) is 1. The molecule has 0 unspecified atom stereocenters. The summed E-state index contributed by atoms with van der Waals surface area (Å²) in [5.41, 5.74) is 2.02. The van der Waals surface area contributed by atoms with Crippen LogP contribution in [0, 0.1) is 0 Å². The molecule has 3 nitrogen and oxygen atoms in total. The molecule has 0 aliphatic carbocycles. The van der Waals surface area contributed by atoms with E-state index in [1.54, 1.807) is 6.08 Å². The van der Waals surface area contributed by atoms with Crippen LogP contribution in [0.5, 0.6) is 11.5 Å². The molecule has 3 aromatic rings. The first kappa shape index (κ1) is 16.5. The van der Waals surface area contributed by atoms with Crippen LogP contribution in [0.2, 0.25) is 0 Å². The summed E-state index contributed by atoms with van der Waals surface area (Å²) in [5.74, 6) is 1.44. The Labute approximate surface area is 147 Å². The van der Waals surface area contributed by atoms with E-state index >= 15 is 0 Å².